The van der Waals surface area contributed by atoms with Crippen LogP contribution in [-0.2, 0) is 14.3 Å². The van der Waals surface area contributed by atoms with Crippen molar-refractivity contribution in [1.29, 1.82) is 0 Å². The molecule has 0 aromatic heterocycles. The molecule has 2 aromatic carbocycles. The first-order chi connectivity index (χ1) is 15.3. The van der Waals surface area contributed by atoms with Crippen molar-refractivity contribution in [2.75, 3.05) is 20.3 Å². The number of hydrogen-bond acceptors (Lipinski definition) is 7. The Hall–Kier alpha value is -3.40. The van der Waals surface area contributed by atoms with Crippen LogP contribution in [0.1, 0.15) is 29.8 Å². The predicted octanol–water partition coefficient (Wildman–Crippen LogP) is 2.67. The average molecular weight is 506 g/mol. The van der Waals surface area contributed by atoms with E-state index in [4.69, 9.17) is 14.2 Å². The molecule has 0 aliphatic carbocycles. The molecule has 10 heteroatoms. The highest BCUT2D eigenvalue weighted by Crippen LogP contribution is 2.25. The summed E-state index contributed by atoms with van der Waals surface area (Å²) < 4.78 is 15.9. The summed E-state index contributed by atoms with van der Waals surface area (Å²) in [5.41, 5.74) is 3.47. The van der Waals surface area contributed by atoms with Crippen molar-refractivity contribution in [3.05, 3.63) is 58.1 Å². The normalized spacial score (nSPS) is 11.5. The molecule has 1 unspecified atom stereocenters. The molecule has 0 heterocycles. The Morgan fingerprint density at radius 3 is 2.50 bits per heavy atom. The lowest BCUT2D eigenvalue weighted by Gasteiger charge is -2.12. The molecule has 9 nitrogen and oxygen atoms in total. The van der Waals surface area contributed by atoms with Gasteiger partial charge in [-0.3, -0.25) is 9.59 Å². The van der Waals surface area contributed by atoms with Gasteiger partial charge in [-0.1, -0.05) is 0 Å². The van der Waals surface area contributed by atoms with Crippen LogP contribution in [0.25, 0.3) is 0 Å². The number of benzene rings is 2. The van der Waals surface area contributed by atoms with Crippen LogP contribution < -0.4 is 20.2 Å². The van der Waals surface area contributed by atoms with Crippen molar-refractivity contribution in [3.8, 4) is 11.5 Å². The molecular formula is C22H24BrN3O6. The van der Waals surface area contributed by atoms with Crippen molar-refractivity contribution >= 4 is 39.9 Å². The third-order valence-corrected chi connectivity index (χ3v) is 4.71. The quantitative estimate of drug-likeness (QED) is 0.291. The SMILES string of the molecule is CCOC(=O)COc1ccc(C=NNC(=O)C(C)NC(=O)c2ccc(OC)cc2)cc1Br. The van der Waals surface area contributed by atoms with Crippen LogP contribution in [0.2, 0.25) is 0 Å². The summed E-state index contributed by atoms with van der Waals surface area (Å²) in [4.78, 5) is 35.8. The minimum absolute atomic E-state index is 0.198. The first-order valence-corrected chi connectivity index (χ1v) is 10.5. The lowest BCUT2D eigenvalue weighted by molar-refractivity contribution is -0.145. The number of ether oxygens (including phenoxy) is 3. The fourth-order valence-electron chi connectivity index (χ4n) is 2.41. The van der Waals surface area contributed by atoms with Gasteiger partial charge in [0.25, 0.3) is 11.8 Å². The Kier molecular flexibility index (Phi) is 9.68. The molecule has 2 N–H and O–H groups in total. The first-order valence-electron chi connectivity index (χ1n) is 9.69. The van der Waals surface area contributed by atoms with Gasteiger partial charge in [0.1, 0.15) is 17.5 Å². The topological polar surface area (TPSA) is 115 Å². The summed E-state index contributed by atoms with van der Waals surface area (Å²) in [6.45, 7) is 3.36. The third kappa shape index (κ3) is 7.69. The van der Waals surface area contributed by atoms with Crippen LogP contribution in [-0.4, -0.2) is 50.4 Å². The number of esters is 1. The highest BCUT2D eigenvalue weighted by molar-refractivity contribution is 9.10. The summed E-state index contributed by atoms with van der Waals surface area (Å²) in [7, 11) is 1.54. The van der Waals surface area contributed by atoms with Crippen LogP contribution in [0.15, 0.2) is 52.0 Å². The first kappa shape index (κ1) is 24.9. The fraction of sp³-hybridized carbons (Fsp3) is 0.273. The lowest BCUT2D eigenvalue weighted by atomic mass is 10.2. The molecule has 0 fully saturated rings. The summed E-state index contributed by atoms with van der Waals surface area (Å²) in [6.07, 6.45) is 1.44. The molecular weight excluding hydrogens is 482 g/mol. The molecule has 0 aliphatic heterocycles. The Balaban J connectivity index is 1.85. The van der Waals surface area contributed by atoms with Gasteiger partial charge in [0.15, 0.2) is 6.61 Å². The van der Waals surface area contributed by atoms with Crippen molar-refractivity contribution in [2.45, 2.75) is 19.9 Å². The molecule has 170 valence electrons. The van der Waals surface area contributed by atoms with E-state index in [1.165, 1.54) is 13.3 Å². The number of halogens is 1. The molecule has 0 radical (unpaired) electrons. The van der Waals surface area contributed by atoms with E-state index in [2.05, 4.69) is 31.8 Å². The van der Waals surface area contributed by atoms with Crippen LogP contribution >= 0.6 is 15.9 Å². The summed E-state index contributed by atoms with van der Waals surface area (Å²) in [5, 5.41) is 6.51. The molecule has 1 atom stereocenters. The second-order valence-corrected chi connectivity index (χ2v) is 7.30. The second kappa shape index (κ2) is 12.5. The van der Waals surface area contributed by atoms with E-state index < -0.39 is 17.9 Å². The van der Waals surface area contributed by atoms with E-state index in [1.807, 2.05) is 0 Å². The van der Waals surface area contributed by atoms with Crippen molar-refractivity contribution in [2.24, 2.45) is 5.10 Å². The van der Waals surface area contributed by atoms with E-state index in [9.17, 15) is 14.4 Å². The Morgan fingerprint density at radius 2 is 1.88 bits per heavy atom. The Labute approximate surface area is 194 Å². The third-order valence-electron chi connectivity index (χ3n) is 4.09. The van der Waals surface area contributed by atoms with Crippen molar-refractivity contribution in [1.82, 2.24) is 10.7 Å². The fourth-order valence-corrected chi connectivity index (χ4v) is 2.92. The lowest BCUT2D eigenvalue weighted by Crippen LogP contribution is -2.43. The predicted molar refractivity (Wildman–Crippen MR) is 122 cm³/mol. The van der Waals surface area contributed by atoms with Gasteiger partial charge < -0.3 is 19.5 Å². The van der Waals surface area contributed by atoms with Gasteiger partial charge >= 0.3 is 5.97 Å². The molecule has 2 amide bonds. The number of hydrazone groups is 1. The van der Waals surface area contributed by atoms with Gasteiger partial charge in [-0.25, -0.2) is 10.2 Å². The number of hydrogen-bond donors (Lipinski definition) is 2. The highest BCUT2D eigenvalue weighted by atomic mass is 79.9. The minimum atomic E-state index is -0.799. The summed E-state index contributed by atoms with van der Waals surface area (Å²) >= 11 is 3.36. The Bertz CT molecular complexity index is 978. The minimum Gasteiger partial charge on any atom is -0.497 e. The number of rotatable bonds is 10. The summed E-state index contributed by atoms with van der Waals surface area (Å²) in [5.74, 6) is -0.222. The monoisotopic (exact) mass is 505 g/mol. The van der Waals surface area contributed by atoms with Crippen molar-refractivity contribution in [3.63, 3.8) is 0 Å². The second-order valence-electron chi connectivity index (χ2n) is 6.44. The molecule has 0 saturated heterocycles. The number of nitrogens with one attached hydrogen (secondary N) is 2. The molecule has 0 spiro atoms. The van der Waals surface area contributed by atoms with Crippen LogP contribution in [0.3, 0.4) is 0 Å². The average Bonchev–Trinajstić information content (AvgIpc) is 2.78. The standard InChI is InChI=1S/C22H24BrN3O6/c1-4-31-20(27)13-32-19-10-5-15(11-18(19)23)12-24-26-21(28)14(2)25-22(29)16-6-8-17(30-3)9-7-16/h5-12,14H,4,13H2,1-3H3,(H,25,29)(H,26,28). The van der Waals surface area contributed by atoms with Gasteiger partial charge in [-0.05, 0) is 77.8 Å². The maximum absolute atomic E-state index is 12.2. The number of carbonyl (C=O) groups excluding carboxylic acids is 3. The largest absolute Gasteiger partial charge is 0.497 e. The molecule has 0 bridgehead atoms. The van der Waals surface area contributed by atoms with Crippen molar-refractivity contribution < 1.29 is 28.6 Å². The number of amides is 2. The zero-order valence-corrected chi connectivity index (χ0v) is 19.5. The molecule has 2 aromatic rings. The van der Waals surface area contributed by atoms with Crippen LogP contribution in [0.4, 0.5) is 0 Å². The molecule has 0 aliphatic rings. The van der Waals surface area contributed by atoms with Gasteiger partial charge in [-0.15, -0.1) is 0 Å². The molecule has 2 rings (SSSR count). The van der Waals surface area contributed by atoms with Crippen LogP contribution in [0, 0.1) is 0 Å². The highest BCUT2D eigenvalue weighted by Gasteiger charge is 2.16. The zero-order chi connectivity index (χ0) is 23.5. The molecule has 32 heavy (non-hydrogen) atoms. The maximum Gasteiger partial charge on any atom is 0.344 e. The Morgan fingerprint density at radius 1 is 1.16 bits per heavy atom. The van der Waals surface area contributed by atoms with Crippen LogP contribution in [0.5, 0.6) is 11.5 Å². The number of carbonyl (C=O) groups is 3. The van der Waals surface area contributed by atoms with Gasteiger partial charge in [0, 0.05) is 5.56 Å². The smallest absolute Gasteiger partial charge is 0.344 e. The molecule has 0 saturated carbocycles. The van der Waals surface area contributed by atoms with Gasteiger partial charge in [0.2, 0.25) is 0 Å². The van der Waals surface area contributed by atoms with Gasteiger partial charge in [0.05, 0.1) is 24.4 Å². The summed E-state index contributed by atoms with van der Waals surface area (Å²) in [6, 6.07) is 10.8. The number of methoxy groups -OCH3 is 1. The van der Waals surface area contributed by atoms with E-state index >= 15 is 0 Å². The van der Waals surface area contributed by atoms with E-state index in [-0.39, 0.29) is 19.1 Å². The van der Waals surface area contributed by atoms with E-state index in [0.717, 1.165) is 0 Å². The van der Waals surface area contributed by atoms with E-state index in [1.54, 1.807) is 56.3 Å². The maximum atomic E-state index is 12.2. The number of nitrogens with zero attached hydrogens (tertiary/aromatic N) is 1. The van der Waals surface area contributed by atoms with Gasteiger partial charge in [-0.2, -0.15) is 5.10 Å². The zero-order valence-electron chi connectivity index (χ0n) is 17.9. The van der Waals surface area contributed by atoms with E-state index in [0.29, 0.717) is 27.1 Å².